The van der Waals surface area contributed by atoms with Gasteiger partial charge >= 0.3 is 0 Å². The summed E-state index contributed by atoms with van der Waals surface area (Å²) in [4.78, 5) is 13.2. The van der Waals surface area contributed by atoms with Gasteiger partial charge < -0.3 is 19.2 Å². The van der Waals surface area contributed by atoms with Crippen molar-refractivity contribution in [3.63, 3.8) is 0 Å². The first-order valence-corrected chi connectivity index (χ1v) is 10.7. The second-order valence-corrected chi connectivity index (χ2v) is 8.15. The van der Waals surface area contributed by atoms with E-state index < -0.39 is 0 Å². The van der Waals surface area contributed by atoms with E-state index in [0.717, 1.165) is 37.2 Å². The SMILES string of the molecule is Cc1cc(OCC2CCNCC2)c2oc3cc(Oc4ccccc4)ccc3c(=O)c2c1. The molecule has 0 bridgehead atoms. The van der Waals surface area contributed by atoms with Crippen LogP contribution in [-0.2, 0) is 0 Å². The van der Waals surface area contributed by atoms with E-state index in [4.69, 9.17) is 13.9 Å². The van der Waals surface area contributed by atoms with Gasteiger partial charge in [0.15, 0.2) is 11.3 Å². The average molecular weight is 415 g/mol. The number of hydrogen-bond acceptors (Lipinski definition) is 5. The molecular weight excluding hydrogens is 390 g/mol. The number of aryl methyl sites for hydroxylation is 1. The van der Waals surface area contributed by atoms with E-state index in [1.165, 1.54) is 0 Å². The van der Waals surface area contributed by atoms with Crippen LogP contribution in [-0.4, -0.2) is 19.7 Å². The molecule has 5 rings (SSSR count). The number of nitrogens with one attached hydrogen (secondary N) is 1. The average Bonchev–Trinajstić information content (AvgIpc) is 2.79. The molecule has 0 radical (unpaired) electrons. The molecule has 4 aromatic rings. The van der Waals surface area contributed by atoms with E-state index in [0.29, 0.717) is 46.0 Å². The van der Waals surface area contributed by atoms with Gasteiger partial charge in [0.25, 0.3) is 0 Å². The minimum Gasteiger partial charge on any atom is -0.489 e. The van der Waals surface area contributed by atoms with Gasteiger partial charge in [0.2, 0.25) is 5.43 Å². The Hall–Kier alpha value is -3.31. The third-order valence-corrected chi connectivity index (χ3v) is 5.77. The Labute approximate surface area is 180 Å². The summed E-state index contributed by atoms with van der Waals surface area (Å²) < 4.78 is 18.3. The molecule has 1 N–H and O–H groups in total. The highest BCUT2D eigenvalue weighted by Gasteiger charge is 2.17. The van der Waals surface area contributed by atoms with Crippen molar-refractivity contribution in [1.82, 2.24) is 5.32 Å². The first-order chi connectivity index (χ1) is 15.2. The van der Waals surface area contributed by atoms with Gasteiger partial charge in [-0.1, -0.05) is 18.2 Å². The number of rotatable bonds is 5. The van der Waals surface area contributed by atoms with Crippen molar-refractivity contribution in [2.45, 2.75) is 19.8 Å². The lowest BCUT2D eigenvalue weighted by Gasteiger charge is -2.23. The maximum absolute atomic E-state index is 13.2. The Morgan fingerprint density at radius 1 is 0.968 bits per heavy atom. The van der Waals surface area contributed by atoms with Crippen molar-refractivity contribution in [1.29, 1.82) is 0 Å². The number of ether oxygens (including phenoxy) is 2. The maximum atomic E-state index is 13.2. The molecule has 31 heavy (non-hydrogen) atoms. The lowest BCUT2D eigenvalue weighted by molar-refractivity contribution is 0.215. The number of fused-ring (bicyclic) bond motifs is 2. The van der Waals surface area contributed by atoms with Gasteiger partial charge in [-0.3, -0.25) is 4.79 Å². The molecule has 0 amide bonds. The van der Waals surface area contributed by atoms with Crippen LogP contribution in [0.1, 0.15) is 18.4 Å². The first-order valence-electron chi connectivity index (χ1n) is 10.7. The van der Waals surface area contributed by atoms with E-state index in [2.05, 4.69) is 5.32 Å². The topological polar surface area (TPSA) is 60.7 Å². The van der Waals surface area contributed by atoms with Crippen LogP contribution in [0.5, 0.6) is 17.2 Å². The highest BCUT2D eigenvalue weighted by atomic mass is 16.5. The predicted octanol–water partition coefficient (Wildman–Crippen LogP) is 5.43. The summed E-state index contributed by atoms with van der Waals surface area (Å²) in [5.41, 5.74) is 1.90. The third kappa shape index (κ3) is 4.14. The van der Waals surface area contributed by atoms with Crippen LogP contribution in [0.3, 0.4) is 0 Å². The zero-order valence-corrected chi connectivity index (χ0v) is 17.5. The van der Waals surface area contributed by atoms with Crippen molar-refractivity contribution in [2.24, 2.45) is 5.92 Å². The Morgan fingerprint density at radius 3 is 2.58 bits per heavy atom. The summed E-state index contributed by atoms with van der Waals surface area (Å²) in [6, 6.07) is 18.7. The normalized spacial score (nSPS) is 14.7. The van der Waals surface area contributed by atoms with E-state index in [1.54, 1.807) is 18.2 Å². The fourth-order valence-electron chi connectivity index (χ4n) is 4.09. The Bertz CT molecular complexity index is 1270. The van der Waals surface area contributed by atoms with Crippen LogP contribution in [0.2, 0.25) is 0 Å². The van der Waals surface area contributed by atoms with Gasteiger partial charge in [0.05, 0.1) is 17.4 Å². The van der Waals surface area contributed by atoms with Crippen LogP contribution in [0.25, 0.3) is 21.9 Å². The molecule has 1 aromatic heterocycles. The van der Waals surface area contributed by atoms with E-state index in [9.17, 15) is 4.79 Å². The van der Waals surface area contributed by atoms with Crippen molar-refractivity contribution < 1.29 is 13.9 Å². The molecule has 0 spiro atoms. The van der Waals surface area contributed by atoms with Crippen molar-refractivity contribution >= 4 is 21.9 Å². The number of piperidine rings is 1. The Kier molecular flexibility index (Phi) is 5.35. The minimum absolute atomic E-state index is 0.0575. The molecule has 1 aliphatic heterocycles. The summed E-state index contributed by atoms with van der Waals surface area (Å²) >= 11 is 0. The van der Waals surface area contributed by atoms with Gasteiger partial charge in [0, 0.05) is 6.07 Å². The fourth-order valence-corrected chi connectivity index (χ4v) is 4.09. The van der Waals surface area contributed by atoms with Crippen LogP contribution in [0, 0.1) is 12.8 Å². The van der Waals surface area contributed by atoms with Gasteiger partial charge in [-0.25, -0.2) is 0 Å². The van der Waals surface area contributed by atoms with Crippen molar-refractivity contribution in [3.05, 3.63) is 76.5 Å². The second kappa shape index (κ2) is 8.44. The molecule has 5 nitrogen and oxygen atoms in total. The van der Waals surface area contributed by atoms with Crippen LogP contribution >= 0.6 is 0 Å². The smallest absolute Gasteiger partial charge is 0.200 e. The third-order valence-electron chi connectivity index (χ3n) is 5.77. The zero-order chi connectivity index (χ0) is 21.2. The molecule has 158 valence electrons. The number of hydrogen-bond donors (Lipinski definition) is 1. The molecule has 2 heterocycles. The molecule has 0 aliphatic carbocycles. The molecule has 3 aromatic carbocycles. The van der Waals surface area contributed by atoms with Gasteiger partial charge in [0.1, 0.15) is 17.1 Å². The van der Waals surface area contributed by atoms with Crippen molar-refractivity contribution in [2.75, 3.05) is 19.7 Å². The van der Waals surface area contributed by atoms with Gasteiger partial charge in [-0.2, -0.15) is 0 Å². The van der Waals surface area contributed by atoms with Gasteiger partial charge in [-0.05, 0) is 80.7 Å². The summed E-state index contributed by atoms with van der Waals surface area (Å²) in [6.45, 7) is 4.63. The molecule has 1 fully saturated rings. The van der Waals surface area contributed by atoms with E-state index in [1.807, 2.05) is 49.4 Å². The molecule has 1 saturated heterocycles. The molecule has 0 atom stereocenters. The predicted molar refractivity (Wildman–Crippen MR) is 122 cm³/mol. The van der Waals surface area contributed by atoms with E-state index >= 15 is 0 Å². The maximum Gasteiger partial charge on any atom is 0.200 e. The summed E-state index contributed by atoms with van der Waals surface area (Å²) in [5.74, 6) is 2.48. The molecular formula is C26H25NO4. The molecule has 5 heteroatoms. The van der Waals surface area contributed by atoms with E-state index in [-0.39, 0.29) is 5.43 Å². The number of para-hydroxylation sites is 1. The fraction of sp³-hybridized carbons (Fsp3) is 0.269. The monoisotopic (exact) mass is 415 g/mol. The highest BCUT2D eigenvalue weighted by Crippen LogP contribution is 2.32. The van der Waals surface area contributed by atoms with Crippen LogP contribution < -0.4 is 20.2 Å². The first kappa shape index (κ1) is 19.6. The second-order valence-electron chi connectivity index (χ2n) is 8.15. The summed E-state index contributed by atoms with van der Waals surface area (Å²) in [5, 5.41) is 4.45. The van der Waals surface area contributed by atoms with Crippen LogP contribution in [0.4, 0.5) is 0 Å². The van der Waals surface area contributed by atoms with Crippen molar-refractivity contribution in [3.8, 4) is 17.2 Å². The summed E-state index contributed by atoms with van der Waals surface area (Å²) in [6.07, 6.45) is 2.19. The lowest BCUT2D eigenvalue weighted by Crippen LogP contribution is -2.30. The summed E-state index contributed by atoms with van der Waals surface area (Å²) in [7, 11) is 0. The Morgan fingerprint density at radius 2 is 1.77 bits per heavy atom. The van der Waals surface area contributed by atoms with Gasteiger partial charge in [-0.15, -0.1) is 0 Å². The molecule has 0 unspecified atom stereocenters. The lowest BCUT2D eigenvalue weighted by atomic mass is 9.99. The number of benzene rings is 3. The quantitative estimate of drug-likeness (QED) is 0.441. The minimum atomic E-state index is -0.0575. The van der Waals surface area contributed by atoms with Crippen LogP contribution in [0.15, 0.2) is 69.9 Å². The highest BCUT2D eigenvalue weighted by molar-refractivity contribution is 5.93. The standard InChI is InChI=1S/C26H25NO4/c1-17-13-22-25(28)21-8-7-20(30-19-5-3-2-4-6-19)15-23(21)31-26(22)24(14-17)29-16-18-9-11-27-12-10-18/h2-8,13-15,18,27H,9-12,16H2,1H3. The zero-order valence-electron chi connectivity index (χ0n) is 17.5. The molecule has 1 aliphatic rings. The molecule has 0 saturated carbocycles. The largest absolute Gasteiger partial charge is 0.489 e. The Balaban J connectivity index is 1.54.